The van der Waals surface area contributed by atoms with Crippen molar-refractivity contribution in [1.82, 2.24) is 15.2 Å². The molecule has 3 heterocycles. The first-order valence-corrected chi connectivity index (χ1v) is 11.6. The maximum atomic E-state index is 13.2. The van der Waals surface area contributed by atoms with Crippen molar-refractivity contribution in [2.45, 2.75) is 58.0 Å². The van der Waals surface area contributed by atoms with E-state index in [1.54, 1.807) is 6.07 Å². The van der Waals surface area contributed by atoms with Crippen LogP contribution in [0.15, 0.2) is 36.4 Å². The molecule has 0 saturated carbocycles. The van der Waals surface area contributed by atoms with E-state index in [9.17, 15) is 9.59 Å². The van der Waals surface area contributed by atoms with Gasteiger partial charge in [0.15, 0.2) is 0 Å². The molecule has 166 valence electrons. The van der Waals surface area contributed by atoms with Gasteiger partial charge in [-0.3, -0.25) is 9.59 Å². The Labute approximate surface area is 184 Å². The lowest BCUT2D eigenvalue weighted by atomic mass is 10.0. The molecule has 1 aromatic carbocycles. The van der Waals surface area contributed by atoms with Crippen LogP contribution in [0.25, 0.3) is 0 Å². The van der Waals surface area contributed by atoms with Crippen molar-refractivity contribution in [2.24, 2.45) is 5.92 Å². The number of carbonyl (C=O) groups excluding carboxylic acids is 2. The summed E-state index contributed by atoms with van der Waals surface area (Å²) < 4.78 is 7.46. The van der Waals surface area contributed by atoms with E-state index < -0.39 is 0 Å². The number of nitrogens with one attached hydrogen (secondary N) is 2. The van der Waals surface area contributed by atoms with Crippen LogP contribution < -0.4 is 10.6 Å². The van der Waals surface area contributed by atoms with Gasteiger partial charge in [-0.05, 0) is 56.1 Å². The van der Waals surface area contributed by atoms with E-state index in [1.807, 2.05) is 30.3 Å². The third-order valence-corrected chi connectivity index (χ3v) is 6.54. The highest BCUT2D eigenvalue weighted by atomic mass is 16.5. The number of fused-ring (bicyclic) bond motifs is 1. The molecule has 2 aliphatic heterocycles. The summed E-state index contributed by atoms with van der Waals surface area (Å²) in [5.74, 6) is 0.293. The Bertz CT molecular complexity index is 900. The van der Waals surface area contributed by atoms with Gasteiger partial charge in [-0.2, -0.15) is 0 Å². The molecule has 1 saturated heterocycles. The molecule has 1 atom stereocenters. The van der Waals surface area contributed by atoms with Crippen LogP contribution in [0.3, 0.4) is 0 Å². The summed E-state index contributed by atoms with van der Waals surface area (Å²) in [6.45, 7) is 5.06. The normalized spacial score (nSPS) is 17.6. The molecule has 0 bridgehead atoms. The lowest BCUT2D eigenvalue weighted by molar-refractivity contribution is 0.0641. The van der Waals surface area contributed by atoms with Gasteiger partial charge in [-0.25, -0.2) is 0 Å². The van der Waals surface area contributed by atoms with Gasteiger partial charge >= 0.3 is 0 Å². The molecule has 4 rings (SSSR count). The van der Waals surface area contributed by atoms with E-state index in [2.05, 4.69) is 22.1 Å². The molecular formula is C25H33N3O3. The predicted molar refractivity (Wildman–Crippen MR) is 120 cm³/mol. The van der Waals surface area contributed by atoms with E-state index in [4.69, 9.17) is 4.74 Å². The van der Waals surface area contributed by atoms with Gasteiger partial charge in [-0.15, -0.1) is 0 Å². The number of amides is 2. The predicted octanol–water partition coefficient (Wildman–Crippen LogP) is 3.86. The minimum absolute atomic E-state index is 0.0429. The Hall–Kier alpha value is -2.60. The Morgan fingerprint density at radius 1 is 1.13 bits per heavy atom. The molecule has 6 nitrogen and oxygen atoms in total. The van der Waals surface area contributed by atoms with Crippen LogP contribution in [0.5, 0.6) is 0 Å². The Balaban J connectivity index is 1.50. The number of hydrogen-bond donors (Lipinski definition) is 2. The molecule has 6 heteroatoms. The topological polar surface area (TPSA) is 72.4 Å². The van der Waals surface area contributed by atoms with Crippen molar-refractivity contribution < 1.29 is 14.3 Å². The van der Waals surface area contributed by atoms with Crippen molar-refractivity contribution in [1.29, 1.82) is 0 Å². The molecule has 0 radical (unpaired) electrons. The molecule has 31 heavy (non-hydrogen) atoms. The number of benzene rings is 1. The zero-order chi connectivity index (χ0) is 21.6. The first kappa shape index (κ1) is 21.6. The molecule has 1 unspecified atom stereocenters. The Morgan fingerprint density at radius 3 is 2.65 bits per heavy atom. The minimum atomic E-state index is -0.0927. The summed E-state index contributed by atoms with van der Waals surface area (Å²) in [5, 5.41) is 6.29. The van der Waals surface area contributed by atoms with Gasteiger partial charge < -0.3 is 19.9 Å². The largest absolute Gasteiger partial charge is 0.381 e. The summed E-state index contributed by atoms with van der Waals surface area (Å²) in [6, 6.07) is 11.8. The first-order chi connectivity index (χ1) is 15.2. The molecule has 0 aliphatic carbocycles. The van der Waals surface area contributed by atoms with E-state index in [0.717, 1.165) is 69.5 Å². The monoisotopic (exact) mass is 423 g/mol. The summed E-state index contributed by atoms with van der Waals surface area (Å²) in [6.07, 6.45) is 5.69. The fraction of sp³-hybridized carbons (Fsp3) is 0.520. The molecule has 1 fully saturated rings. The molecule has 2 amide bonds. The second-order valence-corrected chi connectivity index (χ2v) is 8.61. The van der Waals surface area contributed by atoms with Crippen LogP contribution in [0.4, 0.5) is 0 Å². The van der Waals surface area contributed by atoms with Crippen LogP contribution in [0, 0.1) is 5.92 Å². The summed E-state index contributed by atoms with van der Waals surface area (Å²) >= 11 is 0. The van der Waals surface area contributed by atoms with Crippen LogP contribution in [-0.2, 0) is 17.7 Å². The molecule has 0 spiro atoms. The van der Waals surface area contributed by atoms with Crippen LogP contribution in [0.2, 0.25) is 0 Å². The number of nitrogens with zero attached hydrogens (tertiary/aromatic N) is 1. The number of aromatic nitrogens is 1. The van der Waals surface area contributed by atoms with Gasteiger partial charge in [0.05, 0.1) is 11.6 Å². The average molecular weight is 424 g/mol. The van der Waals surface area contributed by atoms with Crippen LogP contribution >= 0.6 is 0 Å². The molecule has 2 N–H and O–H groups in total. The highest BCUT2D eigenvalue weighted by molar-refractivity contribution is 6.00. The van der Waals surface area contributed by atoms with Crippen molar-refractivity contribution in [2.75, 3.05) is 19.8 Å². The second kappa shape index (κ2) is 10.1. The van der Waals surface area contributed by atoms with Gasteiger partial charge in [0.2, 0.25) is 0 Å². The van der Waals surface area contributed by atoms with E-state index in [0.29, 0.717) is 23.7 Å². The zero-order valence-corrected chi connectivity index (χ0v) is 18.4. The van der Waals surface area contributed by atoms with E-state index in [1.165, 1.54) is 0 Å². The third-order valence-electron chi connectivity index (χ3n) is 6.54. The molecule has 1 aromatic heterocycles. The van der Waals surface area contributed by atoms with E-state index in [-0.39, 0.29) is 17.9 Å². The quantitative estimate of drug-likeness (QED) is 0.710. The minimum Gasteiger partial charge on any atom is -0.381 e. The molecule has 2 aliphatic rings. The maximum Gasteiger partial charge on any atom is 0.267 e. The third kappa shape index (κ3) is 5.01. The molecular weight excluding hydrogens is 390 g/mol. The first-order valence-electron chi connectivity index (χ1n) is 11.6. The fourth-order valence-electron chi connectivity index (χ4n) is 4.68. The van der Waals surface area contributed by atoms with Gasteiger partial charge in [0, 0.05) is 32.0 Å². The van der Waals surface area contributed by atoms with Crippen LogP contribution in [0.1, 0.15) is 77.2 Å². The van der Waals surface area contributed by atoms with Crippen molar-refractivity contribution in [3.8, 4) is 0 Å². The molecule has 2 aromatic rings. The Kier molecular flexibility index (Phi) is 7.07. The lowest BCUT2D eigenvalue weighted by Gasteiger charge is -2.23. The highest BCUT2D eigenvalue weighted by Gasteiger charge is 2.27. The van der Waals surface area contributed by atoms with Crippen LogP contribution in [-0.4, -0.2) is 36.1 Å². The average Bonchev–Trinajstić information content (AvgIpc) is 3.22. The van der Waals surface area contributed by atoms with Crippen molar-refractivity contribution >= 4 is 11.8 Å². The summed E-state index contributed by atoms with van der Waals surface area (Å²) in [7, 11) is 0. The highest BCUT2D eigenvalue weighted by Crippen LogP contribution is 2.25. The Morgan fingerprint density at radius 2 is 1.90 bits per heavy atom. The standard InChI is InChI=1S/C25H33N3O3/c1-2-21(19-8-4-3-5-9-19)27-24(29)20-16-23(28-13-7-6-10-22(20)28)25(30)26-17-18-11-14-31-15-12-18/h3-5,8-9,16,18,21H,2,6-7,10-15,17H2,1H3,(H,26,30)(H,27,29). The maximum absolute atomic E-state index is 13.2. The number of hydrogen-bond acceptors (Lipinski definition) is 3. The smallest absolute Gasteiger partial charge is 0.267 e. The fourth-order valence-corrected chi connectivity index (χ4v) is 4.68. The number of rotatable bonds is 7. The van der Waals surface area contributed by atoms with Gasteiger partial charge in [0.1, 0.15) is 5.69 Å². The van der Waals surface area contributed by atoms with Gasteiger partial charge in [0.25, 0.3) is 11.8 Å². The van der Waals surface area contributed by atoms with E-state index >= 15 is 0 Å². The summed E-state index contributed by atoms with van der Waals surface area (Å²) in [5.41, 5.74) is 3.34. The van der Waals surface area contributed by atoms with Gasteiger partial charge in [-0.1, -0.05) is 37.3 Å². The SMILES string of the molecule is CCC(NC(=O)c1cc(C(=O)NCC2CCOCC2)n2c1CCCC2)c1ccccc1. The number of carbonyl (C=O) groups is 2. The zero-order valence-electron chi connectivity index (χ0n) is 18.4. The second-order valence-electron chi connectivity index (χ2n) is 8.61. The lowest BCUT2D eigenvalue weighted by Crippen LogP contribution is -2.33. The summed E-state index contributed by atoms with van der Waals surface area (Å²) in [4.78, 5) is 26.2. The number of ether oxygens (including phenoxy) is 1. The van der Waals surface area contributed by atoms with Crippen molar-refractivity contribution in [3.05, 3.63) is 58.9 Å². The van der Waals surface area contributed by atoms with Crippen molar-refractivity contribution in [3.63, 3.8) is 0 Å².